The highest BCUT2D eigenvalue weighted by Crippen LogP contribution is 2.11. The molecule has 0 atom stereocenters. The van der Waals surface area contributed by atoms with Crippen molar-refractivity contribution >= 4 is 5.97 Å². The van der Waals surface area contributed by atoms with Crippen molar-refractivity contribution in [2.45, 2.75) is 12.8 Å². The molecule has 0 spiro atoms. The summed E-state index contributed by atoms with van der Waals surface area (Å²) in [6.45, 7) is 3.79. The van der Waals surface area contributed by atoms with Gasteiger partial charge in [0.15, 0.2) is 0 Å². The highest BCUT2D eigenvalue weighted by molar-refractivity contribution is 5.89. The van der Waals surface area contributed by atoms with Crippen molar-refractivity contribution in [2.24, 2.45) is 0 Å². The number of carbonyl (C=O) groups is 1. The molecule has 0 unspecified atom stereocenters. The van der Waals surface area contributed by atoms with E-state index in [4.69, 9.17) is 4.74 Å². The summed E-state index contributed by atoms with van der Waals surface area (Å²) >= 11 is 0. The van der Waals surface area contributed by atoms with Crippen molar-refractivity contribution in [2.75, 3.05) is 0 Å². The number of benzene rings is 2. The number of hydrogen-bond donors (Lipinski definition) is 0. The minimum Gasteiger partial charge on any atom is -0.428 e. The van der Waals surface area contributed by atoms with E-state index in [0.29, 0.717) is 17.7 Å². The summed E-state index contributed by atoms with van der Waals surface area (Å²) in [6, 6.07) is 19.0. The van der Waals surface area contributed by atoms with Crippen LogP contribution in [0.2, 0.25) is 0 Å². The highest BCUT2D eigenvalue weighted by Gasteiger charge is 2.08. The van der Waals surface area contributed by atoms with Gasteiger partial charge in [-0.1, -0.05) is 55.1 Å². The van der Waals surface area contributed by atoms with Crippen molar-refractivity contribution in [1.29, 1.82) is 0 Å². The topological polar surface area (TPSA) is 26.3 Å². The maximum atomic E-state index is 11.8. The SMILES string of the molecule is C=C(CCc1ccccc1)OC(=O)c1ccccc1. The van der Waals surface area contributed by atoms with E-state index in [0.717, 1.165) is 6.42 Å². The van der Waals surface area contributed by atoms with Crippen molar-refractivity contribution in [3.8, 4) is 0 Å². The summed E-state index contributed by atoms with van der Waals surface area (Å²) in [7, 11) is 0. The van der Waals surface area contributed by atoms with Gasteiger partial charge in [-0.2, -0.15) is 0 Å². The molecule has 0 aliphatic rings. The molecule has 96 valence electrons. The number of esters is 1. The fraction of sp³-hybridized carbons (Fsp3) is 0.118. The second kappa shape index (κ2) is 6.55. The Morgan fingerprint density at radius 2 is 1.53 bits per heavy atom. The van der Waals surface area contributed by atoms with E-state index in [1.54, 1.807) is 12.1 Å². The second-order valence-electron chi connectivity index (χ2n) is 4.28. The van der Waals surface area contributed by atoms with Gasteiger partial charge in [-0.15, -0.1) is 0 Å². The maximum absolute atomic E-state index is 11.8. The number of ether oxygens (including phenoxy) is 1. The van der Waals surface area contributed by atoms with Gasteiger partial charge in [0.05, 0.1) is 5.56 Å². The fourth-order valence-corrected chi connectivity index (χ4v) is 1.74. The molecule has 2 rings (SSSR count). The van der Waals surface area contributed by atoms with Crippen LogP contribution in [0.1, 0.15) is 22.3 Å². The Hall–Kier alpha value is -2.35. The molecule has 0 saturated carbocycles. The summed E-state index contributed by atoms with van der Waals surface area (Å²) in [4.78, 5) is 11.8. The molecular formula is C17H16O2. The molecule has 0 bridgehead atoms. The van der Waals surface area contributed by atoms with Crippen molar-refractivity contribution in [3.05, 3.63) is 84.1 Å². The molecule has 2 aromatic rings. The van der Waals surface area contributed by atoms with E-state index >= 15 is 0 Å². The third-order valence-corrected chi connectivity index (χ3v) is 2.78. The number of rotatable bonds is 5. The van der Waals surface area contributed by atoms with Gasteiger partial charge >= 0.3 is 5.97 Å². The van der Waals surface area contributed by atoms with Crippen molar-refractivity contribution in [3.63, 3.8) is 0 Å². The standard InChI is InChI=1S/C17H16O2/c1-14(12-13-15-8-4-2-5-9-15)19-17(18)16-10-6-3-7-11-16/h2-11H,1,12-13H2. The lowest BCUT2D eigenvalue weighted by atomic mass is 10.1. The number of allylic oxidation sites excluding steroid dienone is 1. The molecule has 0 amide bonds. The first-order chi connectivity index (χ1) is 9.25. The maximum Gasteiger partial charge on any atom is 0.343 e. The zero-order valence-electron chi connectivity index (χ0n) is 10.7. The van der Waals surface area contributed by atoms with E-state index in [-0.39, 0.29) is 5.97 Å². The number of hydrogen-bond acceptors (Lipinski definition) is 2. The van der Waals surface area contributed by atoms with Gasteiger partial charge in [0.25, 0.3) is 0 Å². The van der Waals surface area contributed by atoms with E-state index in [1.807, 2.05) is 48.5 Å². The molecule has 0 aliphatic carbocycles. The van der Waals surface area contributed by atoms with Crippen LogP contribution in [0.25, 0.3) is 0 Å². The summed E-state index contributed by atoms with van der Waals surface area (Å²) in [5, 5.41) is 0. The van der Waals surface area contributed by atoms with E-state index in [1.165, 1.54) is 5.56 Å². The Kier molecular flexibility index (Phi) is 4.51. The predicted molar refractivity (Wildman–Crippen MR) is 75.8 cm³/mol. The van der Waals surface area contributed by atoms with Gasteiger partial charge in [0.2, 0.25) is 0 Å². The first-order valence-corrected chi connectivity index (χ1v) is 6.24. The van der Waals surface area contributed by atoms with Crippen LogP contribution >= 0.6 is 0 Å². The van der Waals surface area contributed by atoms with Crippen LogP contribution < -0.4 is 0 Å². The summed E-state index contributed by atoms with van der Waals surface area (Å²) in [5.74, 6) is 0.149. The summed E-state index contributed by atoms with van der Waals surface area (Å²) in [5.41, 5.74) is 1.75. The monoisotopic (exact) mass is 252 g/mol. The van der Waals surface area contributed by atoms with Crippen LogP contribution in [-0.2, 0) is 11.2 Å². The Balaban J connectivity index is 1.83. The van der Waals surface area contributed by atoms with Crippen LogP contribution in [0.15, 0.2) is 73.0 Å². The van der Waals surface area contributed by atoms with Crippen LogP contribution in [0.5, 0.6) is 0 Å². The van der Waals surface area contributed by atoms with Gasteiger partial charge in [0.1, 0.15) is 5.76 Å². The van der Waals surface area contributed by atoms with Gasteiger partial charge in [-0.3, -0.25) is 0 Å². The zero-order chi connectivity index (χ0) is 13.5. The second-order valence-corrected chi connectivity index (χ2v) is 4.28. The lowest BCUT2D eigenvalue weighted by Crippen LogP contribution is -2.05. The molecule has 0 heterocycles. The third kappa shape index (κ3) is 4.11. The van der Waals surface area contributed by atoms with Gasteiger partial charge in [0, 0.05) is 6.42 Å². The van der Waals surface area contributed by atoms with Gasteiger partial charge in [-0.25, -0.2) is 4.79 Å². The first kappa shape index (κ1) is 13.1. The number of aryl methyl sites for hydroxylation is 1. The smallest absolute Gasteiger partial charge is 0.343 e. The van der Waals surface area contributed by atoms with Crippen LogP contribution in [0.3, 0.4) is 0 Å². The minimum atomic E-state index is -0.348. The molecule has 0 aromatic heterocycles. The van der Waals surface area contributed by atoms with Crippen LogP contribution in [-0.4, -0.2) is 5.97 Å². The zero-order valence-corrected chi connectivity index (χ0v) is 10.7. The molecule has 0 radical (unpaired) electrons. The van der Waals surface area contributed by atoms with E-state index in [9.17, 15) is 4.79 Å². The molecule has 0 fully saturated rings. The summed E-state index contributed by atoms with van der Waals surface area (Å²) < 4.78 is 5.22. The molecule has 2 nitrogen and oxygen atoms in total. The Bertz CT molecular complexity index is 544. The average molecular weight is 252 g/mol. The minimum absolute atomic E-state index is 0.348. The van der Waals surface area contributed by atoms with Gasteiger partial charge < -0.3 is 4.74 Å². The molecule has 0 N–H and O–H groups in total. The Labute approximate surface area is 113 Å². The highest BCUT2D eigenvalue weighted by atomic mass is 16.5. The lowest BCUT2D eigenvalue weighted by Gasteiger charge is -2.07. The summed E-state index contributed by atoms with van der Waals surface area (Å²) in [6.07, 6.45) is 1.46. The third-order valence-electron chi connectivity index (χ3n) is 2.78. The first-order valence-electron chi connectivity index (χ1n) is 6.24. The molecule has 2 aromatic carbocycles. The van der Waals surface area contributed by atoms with Gasteiger partial charge in [-0.05, 0) is 24.1 Å². The largest absolute Gasteiger partial charge is 0.428 e. The molecule has 19 heavy (non-hydrogen) atoms. The Morgan fingerprint density at radius 3 is 2.16 bits per heavy atom. The lowest BCUT2D eigenvalue weighted by molar-refractivity contribution is 0.0616. The molecule has 0 aliphatic heterocycles. The Morgan fingerprint density at radius 1 is 0.947 bits per heavy atom. The molecule has 2 heteroatoms. The normalized spacial score (nSPS) is 9.89. The van der Waals surface area contributed by atoms with Crippen molar-refractivity contribution < 1.29 is 9.53 Å². The fourth-order valence-electron chi connectivity index (χ4n) is 1.74. The predicted octanol–water partition coefficient (Wildman–Crippen LogP) is 3.99. The van der Waals surface area contributed by atoms with Crippen LogP contribution in [0.4, 0.5) is 0 Å². The molecular weight excluding hydrogens is 236 g/mol. The quantitative estimate of drug-likeness (QED) is 0.594. The van der Waals surface area contributed by atoms with Crippen molar-refractivity contribution in [1.82, 2.24) is 0 Å². The number of carbonyl (C=O) groups excluding carboxylic acids is 1. The van der Waals surface area contributed by atoms with E-state index in [2.05, 4.69) is 6.58 Å². The van der Waals surface area contributed by atoms with Crippen LogP contribution in [0, 0.1) is 0 Å². The average Bonchev–Trinajstić information content (AvgIpc) is 2.47. The molecule has 0 saturated heterocycles. The van der Waals surface area contributed by atoms with E-state index < -0.39 is 0 Å².